The number of nitrogens with zero attached hydrogens (tertiary/aromatic N) is 1. The fourth-order valence-corrected chi connectivity index (χ4v) is 4.26. The summed E-state index contributed by atoms with van der Waals surface area (Å²) < 4.78 is 27.8. The van der Waals surface area contributed by atoms with Crippen LogP contribution in [0.5, 0.6) is 0 Å². The number of hydrogen-bond acceptors (Lipinski definition) is 3. The summed E-state index contributed by atoms with van der Waals surface area (Å²) in [7, 11) is -3.69. The third kappa shape index (κ3) is 5.04. The highest BCUT2D eigenvalue weighted by Gasteiger charge is 2.17. The second kappa shape index (κ2) is 8.65. The Labute approximate surface area is 167 Å². The Hall–Kier alpha value is -2.54. The lowest BCUT2D eigenvalue weighted by Gasteiger charge is -2.20. The molecule has 150 valence electrons. The van der Waals surface area contributed by atoms with Crippen molar-refractivity contribution in [2.24, 2.45) is 0 Å². The lowest BCUT2D eigenvalue weighted by atomic mass is 10.1. The van der Waals surface area contributed by atoms with Crippen molar-refractivity contribution in [2.75, 3.05) is 23.1 Å². The maximum Gasteiger partial charge on any atom is 0.321 e. The van der Waals surface area contributed by atoms with Crippen molar-refractivity contribution >= 4 is 27.4 Å². The van der Waals surface area contributed by atoms with Crippen LogP contribution in [0.2, 0.25) is 0 Å². The van der Waals surface area contributed by atoms with Crippen molar-refractivity contribution in [3.8, 4) is 0 Å². The molecule has 6 nitrogen and oxygen atoms in total. The number of carbonyl (C=O) groups excluding carboxylic acids is 1. The first-order valence-electron chi connectivity index (χ1n) is 9.61. The number of nitrogens with one attached hydrogen (secondary N) is 2. The van der Waals surface area contributed by atoms with Gasteiger partial charge in [-0.15, -0.1) is 0 Å². The average molecular weight is 402 g/mol. The molecule has 1 fully saturated rings. The summed E-state index contributed by atoms with van der Waals surface area (Å²) in [6.07, 6.45) is 4.36. The molecule has 0 spiro atoms. The standard InChI is InChI=1S/C21H27N3O3S/c1-16-7-8-19(15-17(16)2)23-28(26,27)20-11-9-18(10-12-20)22-21(25)24-13-5-3-4-6-14-24/h7-12,15,23H,3-6,13-14H2,1-2H3,(H,22,25). The third-order valence-corrected chi connectivity index (χ3v) is 6.47. The van der Waals surface area contributed by atoms with E-state index in [0.29, 0.717) is 11.4 Å². The SMILES string of the molecule is Cc1ccc(NS(=O)(=O)c2ccc(NC(=O)N3CCCCCC3)cc2)cc1C. The van der Waals surface area contributed by atoms with E-state index < -0.39 is 10.0 Å². The molecule has 1 aliphatic rings. The zero-order valence-electron chi connectivity index (χ0n) is 16.4. The molecule has 0 aliphatic carbocycles. The van der Waals surface area contributed by atoms with Gasteiger partial charge in [-0.25, -0.2) is 13.2 Å². The van der Waals surface area contributed by atoms with Gasteiger partial charge in [0.2, 0.25) is 0 Å². The van der Waals surface area contributed by atoms with Crippen molar-refractivity contribution in [2.45, 2.75) is 44.4 Å². The summed E-state index contributed by atoms with van der Waals surface area (Å²) >= 11 is 0. The predicted octanol–water partition coefficient (Wildman–Crippen LogP) is 4.51. The first-order chi connectivity index (χ1) is 13.3. The lowest BCUT2D eigenvalue weighted by Crippen LogP contribution is -2.35. The number of benzene rings is 2. The molecule has 3 rings (SSSR count). The van der Waals surface area contributed by atoms with E-state index >= 15 is 0 Å². The summed E-state index contributed by atoms with van der Waals surface area (Å²) in [6.45, 7) is 5.44. The van der Waals surface area contributed by atoms with Crippen molar-refractivity contribution in [1.29, 1.82) is 0 Å². The molecule has 0 bridgehead atoms. The van der Waals surface area contributed by atoms with Gasteiger partial charge in [0.1, 0.15) is 0 Å². The van der Waals surface area contributed by atoms with E-state index in [4.69, 9.17) is 0 Å². The van der Waals surface area contributed by atoms with Gasteiger partial charge in [0.15, 0.2) is 0 Å². The second-order valence-electron chi connectivity index (χ2n) is 7.26. The van der Waals surface area contributed by atoms with Gasteiger partial charge in [-0.3, -0.25) is 4.72 Å². The molecule has 1 heterocycles. The molecule has 7 heteroatoms. The molecular weight excluding hydrogens is 374 g/mol. The van der Waals surface area contributed by atoms with E-state index in [0.717, 1.165) is 49.9 Å². The van der Waals surface area contributed by atoms with Crippen LogP contribution in [0.1, 0.15) is 36.8 Å². The molecule has 2 amide bonds. The minimum Gasteiger partial charge on any atom is -0.325 e. The molecule has 0 aromatic heterocycles. The van der Waals surface area contributed by atoms with E-state index in [1.807, 2.05) is 30.9 Å². The second-order valence-corrected chi connectivity index (χ2v) is 8.94. The summed E-state index contributed by atoms with van der Waals surface area (Å²) in [5.41, 5.74) is 3.24. The smallest absolute Gasteiger partial charge is 0.321 e. The number of urea groups is 1. The van der Waals surface area contributed by atoms with Crippen LogP contribution in [0.4, 0.5) is 16.2 Å². The number of likely N-dealkylation sites (tertiary alicyclic amines) is 1. The number of sulfonamides is 1. The molecule has 2 N–H and O–H groups in total. The monoisotopic (exact) mass is 401 g/mol. The van der Waals surface area contributed by atoms with E-state index in [2.05, 4.69) is 10.0 Å². The first kappa shape index (κ1) is 20.2. The summed E-state index contributed by atoms with van der Waals surface area (Å²) in [5.74, 6) is 0. The van der Waals surface area contributed by atoms with Crippen LogP contribution in [0.25, 0.3) is 0 Å². The van der Waals surface area contributed by atoms with Crippen molar-refractivity contribution < 1.29 is 13.2 Å². The number of anilines is 2. The zero-order chi connectivity index (χ0) is 20.1. The first-order valence-corrected chi connectivity index (χ1v) is 11.1. The Kier molecular flexibility index (Phi) is 6.24. The van der Waals surface area contributed by atoms with Gasteiger partial charge in [0, 0.05) is 24.5 Å². The molecule has 2 aromatic rings. The molecule has 0 atom stereocenters. The highest BCUT2D eigenvalue weighted by molar-refractivity contribution is 7.92. The maximum absolute atomic E-state index is 12.6. The third-order valence-electron chi connectivity index (χ3n) is 5.07. The Balaban J connectivity index is 1.67. The molecule has 0 saturated carbocycles. The van der Waals surface area contributed by atoms with Crippen LogP contribution in [-0.2, 0) is 10.0 Å². The Morgan fingerprint density at radius 1 is 0.857 bits per heavy atom. The fourth-order valence-electron chi connectivity index (χ4n) is 3.21. The van der Waals surface area contributed by atoms with Crippen molar-refractivity contribution in [3.63, 3.8) is 0 Å². The minimum atomic E-state index is -3.69. The van der Waals surface area contributed by atoms with Gasteiger partial charge >= 0.3 is 6.03 Å². The fraction of sp³-hybridized carbons (Fsp3) is 0.381. The zero-order valence-corrected chi connectivity index (χ0v) is 17.2. The van der Waals surface area contributed by atoms with Gasteiger partial charge in [-0.05, 0) is 74.2 Å². The topological polar surface area (TPSA) is 78.5 Å². The molecule has 28 heavy (non-hydrogen) atoms. The quantitative estimate of drug-likeness (QED) is 0.791. The number of amides is 2. The Morgan fingerprint density at radius 2 is 1.46 bits per heavy atom. The highest BCUT2D eigenvalue weighted by atomic mass is 32.2. The van der Waals surface area contributed by atoms with Crippen LogP contribution >= 0.6 is 0 Å². The van der Waals surface area contributed by atoms with Gasteiger partial charge in [0.25, 0.3) is 10.0 Å². The average Bonchev–Trinajstić information content (AvgIpc) is 2.94. The van der Waals surface area contributed by atoms with Gasteiger partial charge in [0.05, 0.1) is 4.90 Å². The van der Waals surface area contributed by atoms with Crippen LogP contribution in [0.3, 0.4) is 0 Å². The Bertz CT molecular complexity index is 932. The van der Waals surface area contributed by atoms with E-state index in [-0.39, 0.29) is 10.9 Å². The number of aryl methyl sites for hydroxylation is 2. The van der Waals surface area contributed by atoms with Crippen LogP contribution < -0.4 is 10.0 Å². The van der Waals surface area contributed by atoms with Gasteiger partial charge < -0.3 is 10.2 Å². The number of hydrogen-bond donors (Lipinski definition) is 2. The van der Waals surface area contributed by atoms with Crippen LogP contribution in [-0.4, -0.2) is 32.4 Å². The minimum absolute atomic E-state index is 0.134. The van der Waals surface area contributed by atoms with E-state index in [1.54, 1.807) is 18.2 Å². The van der Waals surface area contributed by atoms with E-state index in [9.17, 15) is 13.2 Å². The highest BCUT2D eigenvalue weighted by Crippen LogP contribution is 2.21. The van der Waals surface area contributed by atoms with Crippen molar-refractivity contribution in [1.82, 2.24) is 4.90 Å². The molecular formula is C21H27N3O3S. The molecule has 2 aromatic carbocycles. The van der Waals surface area contributed by atoms with Crippen LogP contribution in [0.15, 0.2) is 47.4 Å². The molecule has 1 saturated heterocycles. The molecule has 1 aliphatic heterocycles. The number of rotatable bonds is 4. The Morgan fingerprint density at radius 3 is 2.07 bits per heavy atom. The lowest BCUT2D eigenvalue weighted by molar-refractivity contribution is 0.214. The largest absolute Gasteiger partial charge is 0.325 e. The van der Waals surface area contributed by atoms with Gasteiger partial charge in [-0.1, -0.05) is 18.9 Å². The summed E-state index contributed by atoms with van der Waals surface area (Å²) in [5, 5.41) is 2.85. The van der Waals surface area contributed by atoms with E-state index in [1.165, 1.54) is 12.1 Å². The maximum atomic E-state index is 12.6. The molecule has 0 radical (unpaired) electrons. The molecule has 0 unspecified atom stereocenters. The van der Waals surface area contributed by atoms with Gasteiger partial charge in [-0.2, -0.15) is 0 Å². The summed E-state index contributed by atoms with van der Waals surface area (Å²) in [6, 6.07) is 11.5. The summed E-state index contributed by atoms with van der Waals surface area (Å²) in [4.78, 5) is 14.4. The van der Waals surface area contributed by atoms with Crippen molar-refractivity contribution in [3.05, 3.63) is 53.6 Å². The predicted molar refractivity (Wildman–Crippen MR) is 112 cm³/mol. The number of carbonyl (C=O) groups is 1. The van der Waals surface area contributed by atoms with Crippen LogP contribution in [0, 0.1) is 13.8 Å². The normalized spacial score (nSPS) is 15.0.